The number of ether oxygens (including phenoxy) is 1. The number of fused-ring (bicyclic) bond motifs is 1. The third kappa shape index (κ3) is 3.49. The first kappa shape index (κ1) is 17.8. The Morgan fingerprint density at radius 1 is 1.15 bits per heavy atom. The smallest absolute Gasteiger partial charge is 0.370 e. The van der Waals surface area contributed by atoms with E-state index in [1.807, 2.05) is 29.8 Å². The van der Waals surface area contributed by atoms with Crippen LogP contribution in [0, 0.1) is 5.82 Å². The van der Waals surface area contributed by atoms with E-state index in [4.69, 9.17) is 4.74 Å². The number of aryl methyl sites for hydroxylation is 1. The summed E-state index contributed by atoms with van der Waals surface area (Å²) in [5, 5.41) is 0. The first-order valence-corrected chi connectivity index (χ1v) is 8.46. The summed E-state index contributed by atoms with van der Waals surface area (Å²) in [5.41, 5.74) is 1.92. The molecule has 2 aromatic carbocycles. The SMILES string of the molecule is Cn1cnc2ccc(C3CN(c4cc(F)cc(C(F)(F)F)c4)CCO3)cc21. The van der Waals surface area contributed by atoms with Gasteiger partial charge in [-0.2, -0.15) is 13.2 Å². The Balaban J connectivity index is 1.62. The van der Waals surface area contributed by atoms with E-state index in [1.54, 1.807) is 11.2 Å². The summed E-state index contributed by atoms with van der Waals surface area (Å²) in [4.78, 5) is 6.00. The maximum Gasteiger partial charge on any atom is 0.416 e. The number of nitrogens with zero attached hydrogens (tertiary/aromatic N) is 3. The van der Waals surface area contributed by atoms with Gasteiger partial charge >= 0.3 is 6.18 Å². The van der Waals surface area contributed by atoms with Crippen molar-refractivity contribution in [1.82, 2.24) is 9.55 Å². The molecule has 4 rings (SSSR count). The van der Waals surface area contributed by atoms with Crippen LogP contribution < -0.4 is 4.90 Å². The zero-order valence-electron chi connectivity index (χ0n) is 14.5. The molecule has 8 heteroatoms. The van der Waals surface area contributed by atoms with E-state index < -0.39 is 17.6 Å². The van der Waals surface area contributed by atoms with Crippen LogP contribution in [-0.2, 0) is 18.0 Å². The van der Waals surface area contributed by atoms with Crippen LogP contribution in [0.25, 0.3) is 11.0 Å². The highest BCUT2D eigenvalue weighted by Gasteiger charge is 2.32. The Kier molecular flexibility index (Phi) is 4.30. The van der Waals surface area contributed by atoms with Gasteiger partial charge in [-0.15, -0.1) is 0 Å². The summed E-state index contributed by atoms with van der Waals surface area (Å²) < 4.78 is 60.4. The molecule has 2 heterocycles. The maximum atomic E-state index is 13.7. The fraction of sp³-hybridized carbons (Fsp3) is 0.316. The third-order valence-electron chi connectivity index (χ3n) is 4.76. The Morgan fingerprint density at radius 2 is 1.96 bits per heavy atom. The van der Waals surface area contributed by atoms with Crippen LogP contribution >= 0.6 is 0 Å². The molecule has 1 atom stereocenters. The van der Waals surface area contributed by atoms with Crippen molar-refractivity contribution in [2.75, 3.05) is 24.6 Å². The van der Waals surface area contributed by atoms with Crippen molar-refractivity contribution < 1.29 is 22.3 Å². The summed E-state index contributed by atoms with van der Waals surface area (Å²) in [5.74, 6) is -0.904. The molecule has 3 aromatic rings. The summed E-state index contributed by atoms with van der Waals surface area (Å²) in [6, 6.07) is 8.37. The Bertz CT molecular complexity index is 983. The van der Waals surface area contributed by atoms with Crippen LogP contribution in [0.5, 0.6) is 0 Å². The number of anilines is 1. The van der Waals surface area contributed by atoms with Gasteiger partial charge in [0.1, 0.15) is 11.9 Å². The number of halogens is 4. The lowest BCUT2D eigenvalue weighted by molar-refractivity contribution is -0.137. The highest BCUT2D eigenvalue weighted by Crippen LogP contribution is 2.34. The van der Waals surface area contributed by atoms with Crippen LogP contribution in [0.1, 0.15) is 17.2 Å². The lowest BCUT2D eigenvalue weighted by atomic mass is 10.1. The predicted octanol–water partition coefficient (Wildman–Crippen LogP) is 4.31. The lowest BCUT2D eigenvalue weighted by Crippen LogP contribution is -2.38. The second kappa shape index (κ2) is 6.53. The van der Waals surface area contributed by atoms with Gasteiger partial charge in [0.05, 0.1) is 29.5 Å². The molecule has 1 aromatic heterocycles. The number of hydrogen-bond donors (Lipinski definition) is 0. The minimum Gasteiger partial charge on any atom is -0.370 e. The Labute approximate surface area is 153 Å². The van der Waals surface area contributed by atoms with Crippen molar-refractivity contribution in [1.29, 1.82) is 0 Å². The molecule has 1 unspecified atom stereocenters. The van der Waals surface area contributed by atoms with Gasteiger partial charge in [0.15, 0.2) is 0 Å². The Morgan fingerprint density at radius 3 is 2.74 bits per heavy atom. The van der Waals surface area contributed by atoms with E-state index in [0.717, 1.165) is 28.7 Å². The van der Waals surface area contributed by atoms with Crippen molar-refractivity contribution >= 4 is 16.7 Å². The third-order valence-corrected chi connectivity index (χ3v) is 4.76. The molecule has 0 amide bonds. The molecule has 0 bridgehead atoms. The summed E-state index contributed by atoms with van der Waals surface area (Å²) >= 11 is 0. The van der Waals surface area contributed by atoms with Gasteiger partial charge in [-0.3, -0.25) is 0 Å². The Hall–Kier alpha value is -2.61. The van der Waals surface area contributed by atoms with Gasteiger partial charge < -0.3 is 14.2 Å². The van der Waals surface area contributed by atoms with Gasteiger partial charge in [0, 0.05) is 25.8 Å². The number of alkyl halides is 3. The van der Waals surface area contributed by atoms with Crippen LogP contribution in [0.15, 0.2) is 42.7 Å². The van der Waals surface area contributed by atoms with Crippen molar-refractivity contribution in [3.05, 3.63) is 59.7 Å². The van der Waals surface area contributed by atoms with Gasteiger partial charge in [0.2, 0.25) is 0 Å². The largest absolute Gasteiger partial charge is 0.416 e. The van der Waals surface area contributed by atoms with Crippen molar-refractivity contribution in [3.63, 3.8) is 0 Å². The van der Waals surface area contributed by atoms with Crippen molar-refractivity contribution in [3.8, 4) is 0 Å². The highest BCUT2D eigenvalue weighted by atomic mass is 19.4. The van der Waals surface area contributed by atoms with E-state index in [0.29, 0.717) is 25.8 Å². The topological polar surface area (TPSA) is 30.3 Å². The molecule has 4 nitrogen and oxygen atoms in total. The van der Waals surface area contributed by atoms with Crippen LogP contribution in [0.3, 0.4) is 0 Å². The number of hydrogen-bond acceptors (Lipinski definition) is 3. The minimum absolute atomic E-state index is 0.206. The van der Waals surface area contributed by atoms with Gasteiger partial charge in [-0.1, -0.05) is 6.07 Å². The number of benzene rings is 2. The number of aromatic nitrogens is 2. The van der Waals surface area contributed by atoms with Gasteiger partial charge in [-0.25, -0.2) is 9.37 Å². The summed E-state index contributed by atoms with van der Waals surface area (Å²) in [6.07, 6.45) is -3.20. The monoisotopic (exact) mass is 379 g/mol. The van der Waals surface area contributed by atoms with E-state index in [9.17, 15) is 17.6 Å². The summed E-state index contributed by atoms with van der Waals surface area (Å²) in [6.45, 7) is 1.07. The molecule has 0 saturated carbocycles. The zero-order chi connectivity index (χ0) is 19.2. The molecular weight excluding hydrogens is 362 g/mol. The molecule has 1 aliphatic heterocycles. The molecule has 0 aliphatic carbocycles. The molecular formula is C19H17F4N3O. The van der Waals surface area contributed by atoms with E-state index in [1.165, 1.54) is 0 Å². The lowest BCUT2D eigenvalue weighted by Gasteiger charge is -2.35. The molecule has 1 saturated heterocycles. The fourth-order valence-electron chi connectivity index (χ4n) is 3.35. The van der Waals surface area contributed by atoms with Crippen LogP contribution in [0.4, 0.5) is 23.2 Å². The highest BCUT2D eigenvalue weighted by molar-refractivity contribution is 5.76. The van der Waals surface area contributed by atoms with E-state index in [2.05, 4.69) is 4.98 Å². The fourth-order valence-corrected chi connectivity index (χ4v) is 3.35. The standard InChI is InChI=1S/C19H17F4N3O/c1-25-11-24-16-3-2-12(6-17(16)25)18-10-26(4-5-27-18)15-8-13(19(21,22)23)7-14(20)9-15/h2-3,6-9,11,18H,4-5,10H2,1H3. The second-order valence-corrected chi connectivity index (χ2v) is 6.60. The minimum atomic E-state index is -4.59. The predicted molar refractivity (Wildman–Crippen MR) is 93.0 cm³/mol. The van der Waals surface area contributed by atoms with Crippen LogP contribution in [-0.4, -0.2) is 29.2 Å². The van der Waals surface area contributed by atoms with E-state index in [-0.39, 0.29) is 11.8 Å². The second-order valence-electron chi connectivity index (χ2n) is 6.60. The molecule has 0 N–H and O–H groups in total. The zero-order valence-corrected chi connectivity index (χ0v) is 14.5. The van der Waals surface area contributed by atoms with Gasteiger partial charge in [0.25, 0.3) is 0 Å². The first-order valence-electron chi connectivity index (χ1n) is 8.46. The van der Waals surface area contributed by atoms with Crippen molar-refractivity contribution in [2.45, 2.75) is 12.3 Å². The molecule has 0 radical (unpaired) electrons. The number of rotatable bonds is 2. The number of morpholine rings is 1. The van der Waals surface area contributed by atoms with Crippen LogP contribution in [0.2, 0.25) is 0 Å². The molecule has 0 spiro atoms. The quantitative estimate of drug-likeness (QED) is 0.622. The molecule has 1 fully saturated rings. The maximum absolute atomic E-state index is 13.7. The van der Waals surface area contributed by atoms with E-state index >= 15 is 0 Å². The summed E-state index contributed by atoms with van der Waals surface area (Å²) in [7, 11) is 1.89. The molecule has 1 aliphatic rings. The van der Waals surface area contributed by atoms with Crippen molar-refractivity contribution in [2.24, 2.45) is 7.05 Å². The average Bonchev–Trinajstić information content (AvgIpc) is 3.01. The molecule has 142 valence electrons. The normalized spacial score (nSPS) is 18.3. The average molecular weight is 379 g/mol. The number of imidazole rings is 1. The molecule has 27 heavy (non-hydrogen) atoms. The van der Waals surface area contributed by atoms with Gasteiger partial charge in [-0.05, 0) is 35.9 Å². The first-order chi connectivity index (χ1) is 12.8.